The molecule has 19 heteroatoms. The van der Waals surface area contributed by atoms with Gasteiger partial charge in [0.2, 0.25) is 5.91 Å². The molecule has 0 aromatic heterocycles. The van der Waals surface area contributed by atoms with Crippen molar-refractivity contribution >= 4 is 5.91 Å². The third-order valence-corrected chi connectivity index (χ3v) is 21.3. The van der Waals surface area contributed by atoms with Crippen LogP contribution < -0.4 is 5.32 Å². The molecule has 19 nitrogen and oxygen atoms in total. The summed E-state index contributed by atoms with van der Waals surface area (Å²) in [7, 11) is 0. The minimum absolute atomic E-state index is 0.235. The van der Waals surface area contributed by atoms with E-state index in [1.54, 1.807) is 6.08 Å². The molecule has 12 N–H and O–H groups in total. The zero-order chi connectivity index (χ0) is 75.3. The van der Waals surface area contributed by atoms with Crippen molar-refractivity contribution in [2.24, 2.45) is 0 Å². The van der Waals surface area contributed by atoms with E-state index in [1.165, 1.54) is 276 Å². The van der Waals surface area contributed by atoms with Crippen LogP contribution in [-0.2, 0) is 33.2 Å². The summed E-state index contributed by atoms with van der Waals surface area (Å²) < 4.78 is 34.5. The molecule has 1 amide bonds. The van der Waals surface area contributed by atoms with E-state index < -0.39 is 124 Å². The fourth-order valence-electron chi connectivity index (χ4n) is 14.5. The van der Waals surface area contributed by atoms with Gasteiger partial charge in [0.25, 0.3) is 0 Å². The van der Waals surface area contributed by atoms with Gasteiger partial charge in [0, 0.05) is 6.42 Å². The third kappa shape index (κ3) is 44.6. The molecule has 3 aliphatic heterocycles. The van der Waals surface area contributed by atoms with Crippen molar-refractivity contribution in [2.45, 2.75) is 458 Å². The Bertz CT molecular complexity index is 2060. The van der Waals surface area contributed by atoms with Crippen LogP contribution in [0.4, 0.5) is 0 Å². The maximum atomic E-state index is 13.5. The first kappa shape index (κ1) is 96.0. The van der Waals surface area contributed by atoms with Gasteiger partial charge in [0.15, 0.2) is 18.9 Å². The number of hydrogen-bond donors (Lipinski definition) is 12. The Labute approximate surface area is 631 Å². The molecular formula is C85H157NO18. The number of ether oxygens (including phenoxy) is 6. The molecule has 3 aliphatic rings. The van der Waals surface area contributed by atoms with Crippen molar-refractivity contribution in [1.29, 1.82) is 0 Å². The van der Waals surface area contributed by atoms with Crippen molar-refractivity contribution in [2.75, 3.05) is 26.4 Å². The van der Waals surface area contributed by atoms with Gasteiger partial charge in [-0.3, -0.25) is 4.79 Å². The highest BCUT2D eigenvalue weighted by molar-refractivity contribution is 5.76. The second-order valence-corrected chi connectivity index (χ2v) is 30.6. The molecule has 3 rings (SSSR count). The summed E-state index contributed by atoms with van der Waals surface area (Å²) in [5.41, 5.74) is 0. The molecule has 3 saturated heterocycles. The van der Waals surface area contributed by atoms with E-state index in [-0.39, 0.29) is 18.9 Å². The van der Waals surface area contributed by atoms with Crippen molar-refractivity contribution < 1.29 is 89.4 Å². The van der Waals surface area contributed by atoms with Gasteiger partial charge in [0.1, 0.15) is 73.2 Å². The van der Waals surface area contributed by atoms with E-state index in [0.29, 0.717) is 12.8 Å². The van der Waals surface area contributed by atoms with Gasteiger partial charge < -0.3 is 89.9 Å². The van der Waals surface area contributed by atoms with E-state index in [9.17, 15) is 61.0 Å². The number of hydrogen-bond acceptors (Lipinski definition) is 18. The number of rotatable bonds is 69. The molecule has 0 radical (unpaired) electrons. The van der Waals surface area contributed by atoms with Crippen molar-refractivity contribution in [3.05, 3.63) is 48.6 Å². The number of nitrogens with one attached hydrogen (secondary N) is 1. The van der Waals surface area contributed by atoms with Gasteiger partial charge in [-0.05, 0) is 70.6 Å². The third-order valence-electron chi connectivity index (χ3n) is 21.3. The summed E-state index contributed by atoms with van der Waals surface area (Å²) >= 11 is 0. The van der Waals surface area contributed by atoms with Crippen LogP contribution in [0.3, 0.4) is 0 Å². The van der Waals surface area contributed by atoms with Gasteiger partial charge >= 0.3 is 0 Å². The van der Waals surface area contributed by atoms with Gasteiger partial charge in [-0.2, -0.15) is 0 Å². The molecule has 0 aromatic carbocycles. The highest BCUT2D eigenvalue weighted by Crippen LogP contribution is 2.33. The van der Waals surface area contributed by atoms with Crippen LogP contribution >= 0.6 is 0 Å². The van der Waals surface area contributed by atoms with E-state index in [0.717, 1.165) is 44.9 Å². The molecule has 17 atom stereocenters. The number of allylic oxidation sites excluding steroid dienone is 7. The lowest BCUT2D eigenvalue weighted by Crippen LogP contribution is -2.66. The number of carbonyl (C=O) groups is 1. The van der Waals surface area contributed by atoms with Crippen molar-refractivity contribution in [3.8, 4) is 0 Å². The second-order valence-electron chi connectivity index (χ2n) is 30.6. The average Bonchev–Trinajstić information content (AvgIpc) is 0.783. The van der Waals surface area contributed by atoms with E-state index in [4.69, 9.17) is 28.4 Å². The van der Waals surface area contributed by atoms with Crippen LogP contribution in [0.25, 0.3) is 0 Å². The average molecular weight is 1480 g/mol. The van der Waals surface area contributed by atoms with Crippen LogP contribution in [0.2, 0.25) is 0 Å². The van der Waals surface area contributed by atoms with Gasteiger partial charge in [-0.1, -0.05) is 326 Å². The minimum atomic E-state index is -1.98. The first-order valence-electron chi connectivity index (χ1n) is 42.9. The van der Waals surface area contributed by atoms with E-state index >= 15 is 0 Å². The Kier molecular flexibility index (Phi) is 60.4. The highest BCUT2D eigenvalue weighted by Gasteiger charge is 2.54. The molecular weight excluding hydrogens is 1320 g/mol. The molecule has 0 saturated carbocycles. The van der Waals surface area contributed by atoms with E-state index in [1.807, 2.05) is 6.08 Å². The fourth-order valence-corrected chi connectivity index (χ4v) is 14.5. The molecule has 3 fully saturated rings. The zero-order valence-corrected chi connectivity index (χ0v) is 65.5. The van der Waals surface area contributed by atoms with Crippen molar-refractivity contribution in [3.63, 3.8) is 0 Å². The molecule has 104 heavy (non-hydrogen) atoms. The van der Waals surface area contributed by atoms with Crippen LogP contribution in [0.5, 0.6) is 0 Å². The Morgan fingerprint density at radius 2 is 0.615 bits per heavy atom. The molecule has 610 valence electrons. The Balaban J connectivity index is 1.37. The quantitative estimate of drug-likeness (QED) is 0.0199. The normalized spacial score (nSPS) is 26.1. The predicted octanol–water partition coefficient (Wildman–Crippen LogP) is 15.2. The minimum Gasteiger partial charge on any atom is -0.394 e. The van der Waals surface area contributed by atoms with Gasteiger partial charge in [-0.15, -0.1) is 0 Å². The lowest BCUT2D eigenvalue weighted by Gasteiger charge is -2.48. The van der Waals surface area contributed by atoms with Crippen LogP contribution in [-0.4, -0.2) is 193 Å². The first-order chi connectivity index (χ1) is 50.8. The number of carbonyl (C=O) groups excluding carboxylic acids is 1. The zero-order valence-electron chi connectivity index (χ0n) is 65.5. The Morgan fingerprint density at radius 1 is 0.337 bits per heavy atom. The molecule has 3 heterocycles. The summed E-state index contributed by atoms with van der Waals surface area (Å²) in [6, 6.07) is -0.998. The number of unbranched alkanes of at least 4 members (excludes halogenated alkanes) is 47. The smallest absolute Gasteiger partial charge is 0.220 e. The molecule has 0 bridgehead atoms. The second kappa shape index (κ2) is 65.5. The molecule has 0 aromatic rings. The van der Waals surface area contributed by atoms with Gasteiger partial charge in [-0.25, -0.2) is 0 Å². The topological polar surface area (TPSA) is 307 Å². The lowest BCUT2D eigenvalue weighted by molar-refractivity contribution is -0.379. The maximum Gasteiger partial charge on any atom is 0.220 e. The Morgan fingerprint density at radius 3 is 0.962 bits per heavy atom. The number of aliphatic hydroxyl groups is 11. The van der Waals surface area contributed by atoms with Crippen LogP contribution in [0.15, 0.2) is 48.6 Å². The lowest BCUT2D eigenvalue weighted by atomic mass is 9.96. The summed E-state index contributed by atoms with van der Waals surface area (Å²) in [6.07, 6.45) is 56.9. The summed E-state index contributed by atoms with van der Waals surface area (Å²) in [5, 5.41) is 121. The van der Waals surface area contributed by atoms with E-state index in [2.05, 4.69) is 55.6 Å². The maximum absolute atomic E-state index is 13.5. The molecule has 0 spiro atoms. The standard InChI is InChI=1S/C85H157NO18/c1-3-5-7-9-11-13-15-17-19-21-23-25-27-29-31-33-34-35-37-39-41-43-45-47-49-51-53-55-57-59-61-63-73(91)86-68(69(90)62-60-58-56-54-52-50-48-46-44-42-40-38-36-32-30-28-26-24-22-20-18-16-14-12-10-8-6-4-2)67-99-83-79(97)76(94)81(71(65-88)101-83)104-85-80(98)77(95)82(72(66-89)102-85)103-84-78(96)75(93)74(92)70(64-87)100-84/h21,23,44,46,52,54,60,62,68-72,74-85,87-90,92-98H,3-20,22,24-43,45,47-51,53,55-59,61,63-67H2,1-2H3,(H,86,91)/b23-21-,46-44+,54-52+,62-60+. The monoisotopic (exact) mass is 1480 g/mol. The molecule has 0 aliphatic carbocycles. The number of aliphatic hydroxyl groups excluding tert-OH is 11. The summed E-state index contributed by atoms with van der Waals surface area (Å²) in [4.78, 5) is 13.5. The Hall–Kier alpha value is -2.25. The van der Waals surface area contributed by atoms with Crippen LogP contribution in [0, 0.1) is 0 Å². The highest BCUT2D eigenvalue weighted by atomic mass is 16.8. The first-order valence-corrected chi connectivity index (χ1v) is 42.9. The van der Waals surface area contributed by atoms with Crippen LogP contribution in [0.1, 0.15) is 354 Å². The number of amides is 1. The predicted molar refractivity (Wildman–Crippen MR) is 416 cm³/mol. The summed E-state index contributed by atoms with van der Waals surface area (Å²) in [6.45, 7) is 1.76. The van der Waals surface area contributed by atoms with Crippen molar-refractivity contribution in [1.82, 2.24) is 5.32 Å². The SMILES string of the molecule is CCCCCCCCCC/C=C\CCCCCCCCCCCCCCCCCCCCCC(=O)NC(COC1OC(CO)C(OC2OC(CO)C(OC3OC(CO)C(O)C(O)C3O)C(O)C2O)C(O)C1O)C(O)/C=C/CC/C=C/CC/C=C/CCCCCCCCCCCCCCCCCCCC. The summed E-state index contributed by atoms with van der Waals surface area (Å²) in [5.74, 6) is -0.283. The fraction of sp³-hybridized carbons (Fsp3) is 0.894. The largest absolute Gasteiger partial charge is 0.394 e. The molecule has 17 unspecified atom stereocenters. The van der Waals surface area contributed by atoms with Gasteiger partial charge in [0.05, 0.1) is 38.6 Å².